The molecular weight excluding hydrogens is 369 g/mol. The summed E-state index contributed by atoms with van der Waals surface area (Å²) in [6.07, 6.45) is -1.72. The molecule has 2 atom stereocenters. The van der Waals surface area contributed by atoms with Crippen molar-refractivity contribution < 1.29 is 37.3 Å². The molecule has 2 unspecified atom stereocenters. The van der Waals surface area contributed by atoms with E-state index in [-0.39, 0.29) is 17.4 Å². The first-order valence-corrected chi connectivity index (χ1v) is 8.94. The van der Waals surface area contributed by atoms with E-state index in [9.17, 15) is 18.0 Å². The third kappa shape index (κ3) is 7.27. The van der Waals surface area contributed by atoms with E-state index in [4.69, 9.17) is 19.4 Å². The molecule has 0 radical (unpaired) electrons. The molecule has 0 saturated carbocycles. The number of likely N-dealkylation sites (N-methyl/N-ethyl adjacent to an activating group) is 1. The van der Waals surface area contributed by atoms with Gasteiger partial charge in [-0.3, -0.25) is 4.79 Å². The maximum atomic E-state index is 12.3. The third-order valence-electron chi connectivity index (χ3n) is 4.63. The Balaban J connectivity index is 0.000000445. The number of piperidine rings is 1. The van der Waals surface area contributed by atoms with Crippen LogP contribution in [0.5, 0.6) is 0 Å². The fourth-order valence-corrected chi connectivity index (χ4v) is 3.39. The van der Waals surface area contributed by atoms with Crippen molar-refractivity contribution in [2.45, 2.75) is 38.5 Å². The van der Waals surface area contributed by atoms with E-state index in [1.54, 1.807) is 0 Å². The molecular formula is C17H29F3N2O5. The fourth-order valence-electron chi connectivity index (χ4n) is 3.39. The Labute approximate surface area is 157 Å². The van der Waals surface area contributed by atoms with E-state index in [0.717, 1.165) is 45.6 Å². The predicted molar refractivity (Wildman–Crippen MR) is 91.3 cm³/mol. The summed E-state index contributed by atoms with van der Waals surface area (Å²) < 4.78 is 43.4. The fraction of sp³-hybridized carbons (Fsp3) is 0.882. The second-order valence-electron chi connectivity index (χ2n) is 7.11. The normalized spacial score (nSPS) is 25.4. The smallest absolute Gasteiger partial charge is 0.475 e. The number of carboxylic acid groups (broad SMARTS) is 1. The summed E-state index contributed by atoms with van der Waals surface area (Å²) >= 11 is 0. The van der Waals surface area contributed by atoms with Crippen molar-refractivity contribution in [3.8, 4) is 0 Å². The van der Waals surface area contributed by atoms with Gasteiger partial charge in [-0.15, -0.1) is 0 Å². The van der Waals surface area contributed by atoms with Gasteiger partial charge in [-0.2, -0.15) is 13.2 Å². The Hall–Kier alpha value is -1.39. The highest BCUT2D eigenvalue weighted by molar-refractivity contribution is 5.78. The van der Waals surface area contributed by atoms with Crippen LogP contribution in [0.3, 0.4) is 0 Å². The quantitative estimate of drug-likeness (QED) is 0.758. The van der Waals surface area contributed by atoms with E-state index in [1.165, 1.54) is 0 Å². The van der Waals surface area contributed by atoms with Gasteiger partial charge in [0.2, 0.25) is 5.91 Å². The average Bonchev–Trinajstić information content (AvgIpc) is 2.58. The second kappa shape index (κ2) is 10.2. The monoisotopic (exact) mass is 398 g/mol. The summed E-state index contributed by atoms with van der Waals surface area (Å²) in [5.74, 6) is -2.54. The number of carbonyl (C=O) groups is 2. The lowest BCUT2D eigenvalue weighted by Crippen LogP contribution is -2.58. The molecule has 0 bridgehead atoms. The van der Waals surface area contributed by atoms with Gasteiger partial charge in [0, 0.05) is 31.7 Å². The molecule has 0 aromatic heterocycles. The molecule has 27 heavy (non-hydrogen) atoms. The highest BCUT2D eigenvalue weighted by atomic mass is 19.4. The third-order valence-corrected chi connectivity index (χ3v) is 4.63. The standard InChI is InChI=1S/C15H28N2O3.C2HF3O2/c1-4-19-12-15-7-5-9-20-13(15)6-8-17(11-15)14(18)10-16(2)3;3-2(4,5)1(6)7/h13H,4-12H2,1-3H3;(H,6,7). The average molecular weight is 398 g/mol. The zero-order valence-corrected chi connectivity index (χ0v) is 16.0. The molecule has 0 spiro atoms. The van der Waals surface area contributed by atoms with Gasteiger partial charge in [0.05, 0.1) is 19.3 Å². The molecule has 0 aromatic carbocycles. The van der Waals surface area contributed by atoms with Gasteiger partial charge in [-0.05, 0) is 40.3 Å². The molecule has 158 valence electrons. The van der Waals surface area contributed by atoms with Crippen LogP contribution in [-0.4, -0.2) is 92.6 Å². The number of aliphatic carboxylic acids is 1. The molecule has 2 fully saturated rings. The number of fused-ring (bicyclic) bond motifs is 1. The summed E-state index contributed by atoms with van der Waals surface area (Å²) in [5, 5.41) is 7.12. The molecule has 0 aromatic rings. The number of hydrogen-bond acceptors (Lipinski definition) is 5. The number of amides is 1. The lowest BCUT2D eigenvalue weighted by Gasteiger charge is -2.50. The van der Waals surface area contributed by atoms with Gasteiger partial charge in [0.15, 0.2) is 0 Å². The number of rotatable bonds is 5. The van der Waals surface area contributed by atoms with Gasteiger partial charge in [0.25, 0.3) is 0 Å². The zero-order valence-electron chi connectivity index (χ0n) is 16.0. The molecule has 2 saturated heterocycles. The van der Waals surface area contributed by atoms with Crippen molar-refractivity contribution in [2.75, 3.05) is 53.6 Å². The summed E-state index contributed by atoms with van der Waals surface area (Å²) in [4.78, 5) is 25.1. The molecule has 2 aliphatic heterocycles. The van der Waals surface area contributed by atoms with Crippen molar-refractivity contribution >= 4 is 11.9 Å². The van der Waals surface area contributed by atoms with Gasteiger partial charge in [-0.1, -0.05) is 0 Å². The van der Waals surface area contributed by atoms with Gasteiger partial charge in [0.1, 0.15) is 0 Å². The number of carboxylic acids is 1. The number of carbonyl (C=O) groups excluding carboxylic acids is 1. The van der Waals surface area contributed by atoms with Gasteiger partial charge in [-0.25, -0.2) is 4.79 Å². The molecule has 1 N–H and O–H groups in total. The van der Waals surface area contributed by atoms with Crippen LogP contribution in [0.25, 0.3) is 0 Å². The maximum Gasteiger partial charge on any atom is 0.490 e. The maximum absolute atomic E-state index is 12.3. The summed E-state index contributed by atoms with van der Waals surface area (Å²) in [6, 6.07) is 0. The van der Waals surface area contributed by atoms with E-state index in [1.807, 2.05) is 30.8 Å². The Morgan fingerprint density at radius 1 is 1.37 bits per heavy atom. The minimum atomic E-state index is -5.08. The first-order chi connectivity index (χ1) is 12.5. The molecule has 7 nitrogen and oxygen atoms in total. The Morgan fingerprint density at radius 2 is 2.00 bits per heavy atom. The van der Waals surface area contributed by atoms with Crippen LogP contribution in [0, 0.1) is 5.41 Å². The van der Waals surface area contributed by atoms with E-state index < -0.39 is 12.1 Å². The van der Waals surface area contributed by atoms with Crippen LogP contribution in [0.2, 0.25) is 0 Å². The Kier molecular flexibility index (Phi) is 8.97. The predicted octanol–water partition coefficient (Wildman–Crippen LogP) is 1.62. The molecule has 10 heteroatoms. The van der Waals surface area contributed by atoms with Crippen molar-refractivity contribution in [3.63, 3.8) is 0 Å². The number of halogens is 3. The molecule has 1 amide bonds. The number of alkyl halides is 3. The molecule has 0 aliphatic carbocycles. The zero-order chi connectivity index (χ0) is 20.7. The highest BCUT2D eigenvalue weighted by Gasteiger charge is 2.47. The topological polar surface area (TPSA) is 79.3 Å². The van der Waals surface area contributed by atoms with E-state index in [2.05, 4.69) is 0 Å². The number of likely N-dealkylation sites (tertiary alicyclic amines) is 1. The Bertz CT molecular complexity index is 501. The van der Waals surface area contributed by atoms with Gasteiger partial charge >= 0.3 is 12.1 Å². The highest BCUT2D eigenvalue weighted by Crippen LogP contribution is 2.40. The number of hydrogen-bond donors (Lipinski definition) is 1. The van der Waals surface area contributed by atoms with Crippen molar-refractivity contribution in [1.82, 2.24) is 9.80 Å². The van der Waals surface area contributed by atoms with Crippen LogP contribution in [-0.2, 0) is 19.1 Å². The number of nitrogens with zero attached hydrogens (tertiary/aromatic N) is 2. The SMILES string of the molecule is CCOCC12CCCOC1CCN(C(=O)CN(C)C)C2.O=C(O)C(F)(F)F. The molecule has 2 rings (SSSR count). The first-order valence-electron chi connectivity index (χ1n) is 8.94. The van der Waals surface area contributed by atoms with Crippen LogP contribution in [0.4, 0.5) is 13.2 Å². The van der Waals surface area contributed by atoms with Crippen molar-refractivity contribution in [2.24, 2.45) is 5.41 Å². The minimum absolute atomic E-state index is 0.00842. The van der Waals surface area contributed by atoms with Crippen molar-refractivity contribution in [3.05, 3.63) is 0 Å². The van der Waals surface area contributed by atoms with Crippen LogP contribution < -0.4 is 0 Å². The largest absolute Gasteiger partial charge is 0.490 e. The number of ether oxygens (including phenoxy) is 2. The summed E-state index contributed by atoms with van der Waals surface area (Å²) in [7, 11) is 3.87. The van der Waals surface area contributed by atoms with Crippen LogP contribution in [0.15, 0.2) is 0 Å². The van der Waals surface area contributed by atoms with Gasteiger partial charge < -0.3 is 24.4 Å². The first kappa shape index (κ1) is 23.6. The van der Waals surface area contributed by atoms with Crippen LogP contribution in [0.1, 0.15) is 26.2 Å². The van der Waals surface area contributed by atoms with E-state index >= 15 is 0 Å². The minimum Gasteiger partial charge on any atom is -0.475 e. The second-order valence-corrected chi connectivity index (χ2v) is 7.11. The summed E-state index contributed by atoms with van der Waals surface area (Å²) in [5.41, 5.74) is 0.00842. The lowest BCUT2D eigenvalue weighted by atomic mass is 9.73. The molecule has 2 aliphatic rings. The lowest BCUT2D eigenvalue weighted by molar-refractivity contribution is -0.192. The van der Waals surface area contributed by atoms with Crippen molar-refractivity contribution in [1.29, 1.82) is 0 Å². The molecule has 2 heterocycles. The summed E-state index contributed by atoms with van der Waals surface area (Å²) in [6.45, 7) is 6.38. The Morgan fingerprint density at radius 3 is 2.52 bits per heavy atom. The van der Waals surface area contributed by atoms with Crippen LogP contribution >= 0.6 is 0 Å². The van der Waals surface area contributed by atoms with E-state index in [0.29, 0.717) is 13.2 Å².